The number of nitrogens with two attached hydrogens (primary N) is 1. The molecule has 7 heteroatoms. The molecular formula is C12H17N3O4. The molecule has 1 heterocycles. The van der Waals surface area contributed by atoms with Crippen molar-refractivity contribution in [2.75, 3.05) is 6.54 Å². The van der Waals surface area contributed by atoms with Crippen LogP contribution in [-0.4, -0.2) is 45.8 Å². The van der Waals surface area contributed by atoms with E-state index < -0.39 is 29.2 Å². The summed E-state index contributed by atoms with van der Waals surface area (Å²) in [7, 11) is 0. The molecule has 1 amide bonds. The molecule has 0 aromatic carbocycles. The summed E-state index contributed by atoms with van der Waals surface area (Å²) < 4.78 is 0. The first-order valence-electron chi connectivity index (χ1n) is 6.08. The van der Waals surface area contributed by atoms with E-state index in [4.69, 9.17) is 10.8 Å². The fourth-order valence-corrected chi connectivity index (χ4v) is 2.31. The number of nitriles is 1. The summed E-state index contributed by atoms with van der Waals surface area (Å²) in [5.74, 6) is -2.07. The standard InChI is InChI=1S/C12H17N3O4/c1-8(14)11(19)12(7-13)5-2-6-15(12)9(16)3-4-10(17)18/h8H,2-6,14H2,1H3,(H,17,18). The summed E-state index contributed by atoms with van der Waals surface area (Å²) in [6.07, 6.45) is 0.252. The Morgan fingerprint density at radius 3 is 2.58 bits per heavy atom. The average molecular weight is 267 g/mol. The van der Waals surface area contributed by atoms with Crippen molar-refractivity contribution in [1.82, 2.24) is 4.90 Å². The van der Waals surface area contributed by atoms with Gasteiger partial charge in [0.1, 0.15) is 0 Å². The maximum atomic E-state index is 12.1. The van der Waals surface area contributed by atoms with Gasteiger partial charge in [0.25, 0.3) is 0 Å². The van der Waals surface area contributed by atoms with Gasteiger partial charge in [-0.15, -0.1) is 0 Å². The predicted octanol–water partition coefficient (Wildman–Crippen LogP) is -0.348. The van der Waals surface area contributed by atoms with Gasteiger partial charge in [0.05, 0.1) is 18.5 Å². The molecule has 0 radical (unpaired) electrons. The largest absolute Gasteiger partial charge is 0.481 e. The van der Waals surface area contributed by atoms with Gasteiger partial charge in [-0.2, -0.15) is 5.26 Å². The Morgan fingerprint density at radius 1 is 1.47 bits per heavy atom. The minimum atomic E-state index is -1.52. The lowest BCUT2D eigenvalue weighted by atomic mass is 9.88. The molecule has 1 aliphatic heterocycles. The first-order valence-corrected chi connectivity index (χ1v) is 6.08. The first-order chi connectivity index (χ1) is 8.85. The maximum Gasteiger partial charge on any atom is 0.303 e. The van der Waals surface area contributed by atoms with E-state index >= 15 is 0 Å². The van der Waals surface area contributed by atoms with E-state index in [-0.39, 0.29) is 25.8 Å². The van der Waals surface area contributed by atoms with Gasteiger partial charge in [-0.1, -0.05) is 0 Å². The molecule has 104 valence electrons. The molecule has 0 spiro atoms. The highest BCUT2D eigenvalue weighted by molar-refractivity contribution is 5.99. The monoisotopic (exact) mass is 267 g/mol. The van der Waals surface area contributed by atoms with Gasteiger partial charge in [0, 0.05) is 13.0 Å². The molecule has 3 N–H and O–H groups in total. The Hall–Kier alpha value is -1.94. The van der Waals surface area contributed by atoms with E-state index in [0.717, 1.165) is 0 Å². The quantitative estimate of drug-likeness (QED) is 0.701. The average Bonchev–Trinajstić information content (AvgIpc) is 2.79. The number of rotatable bonds is 5. The van der Waals surface area contributed by atoms with Crippen LogP contribution in [0.1, 0.15) is 32.6 Å². The van der Waals surface area contributed by atoms with Gasteiger partial charge in [0.2, 0.25) is 5.91 Å². The highest BCUT2D eigenvalue weighted by Gasteiger charge is 2.50. The number of Topliss-reactive ketones (excluding diaryl/α,β-unsaturated/α-hetero) is 1. The Bertz CT molecular complexity index is 441. The molecule has 0 aliphatic carbocycles. The third-order valence-electron chi connectivity index (χ3n) is 3.24. The number of carbonyl (C=O) groups excluding carboxylic acids is 2. The van der Waals surface area contributed by atoms with Crippen LogP contribution in [0.15, 0.2) is 0 Å². The van der Waals surface area contributed by atoms with Crippen LogP contribution in [0.3, 0.4) is 0 Å². The van der Waals surface area contributed by atoms with Crippen LogP contribution in [0.5, 0.6) is 0 Å². The van der Waals surface area contributed by atoms with Gasteiger partial charge < -0.3 is 15.7 Å². The highest BCUT2D eigenvalue weighted by Crippen LogP contribution is 2.31. The Kier molecular flexibility index (Phi) is 4.62. The molecule has 2 atom stereocenters. The Balaban J connectivity index is 2.93. The number of ketones is 1. The molecule has 19 heavy (non-hydrogen) atoms. The van der Waals surface area contributed by atoms with E-state index in [1.165, 1.54) is 11.8 Å². The lowest BCUT2D eigenvalue weighted by Gasteiger charge is -2.32. The molecule has 1 aliphatic rings. The summed E-state index contributed by atoms with van der Waals surface area (Å²) in [4.78, 5) is 35.7. The lowest BCUT2D eigenvalue weighted by molar-refractivity contribution is -0.144. The van der Waals surface area contributed by atoms with Crippen LogP contribution >= 0.6 is 0 Å². The fourth-order valence-electron chi connectivity index (χ4n) is 2.31. The second-order valence-corrected chi connectivity index (χ2v) is 4.67. The van der Waals surface area contributed by atoms with E-state index in [1.807, 2.05) is 6.07 Å². The van der Waals surface area contributed by atoms with Crippen molar-refractivity contribution >= 4 is 17.7 Å². The number of carboxylic acid groups (broad SMARTS) is 1. The van der Waals surface area contributed by atoms with Crippen molar-refractivity contribution in [2.24, 2.45) is 5.73 Å². The smallest absolute Gasteiger partial charge is 0.303 e. The van der Waals surface area contributed by atoms with Crippen LogP contribution in [0.2, 0.25) is 0 Å². The number of amides is 1. The van der Waals surface area contributed by atoms with Crippen LogP contribution in [0.25, 0.3) is 0 Å². The number of hydrogen-bond acceptors (Lipinski definition) is 5. The zero-order chi connectivity index (χ0) is 14.6. The number of nitrogens with zero attached hydrogens (tertiary/aromatic N) is 2. The summed E-state index contributed by atoms with van der Waals surface area (Å²) in [5, 5.41) is 17.9. The van der Waals surface area contributed by atoms with Crippen LogP contribution < -0.4 is 5.73 Å². The summed E-state index contributed by atoms with van der Waals surface area (Å²) in [5.41, 5.74) is 4.00. The third kappa shape index (κ3) is 2.90. The molecule has 0 aromatic heterocycles. The van der Waals surface area contributed by atoms with E-state index in [1.54, 1.807) is 0 Å². The normalized spacial score (nSPS) is 23.7. The summed E-state index contributed by atoms with van der Waals surface area (Å²) in [6.45, 7) is 1.75. The first kappa shape index (κ1) is 15.1. The highest BCUT2D eigenvalue weighted by atomic mass is 16.4. The molecule has 2 unspecified atom stereocenters. The number of hydrogen-bond donors (Lipinski definition) is 2. The second-order valence-electron chi connectivity index (χ2n) is 4.67. The number of likely N-dealkylation sites (tertiary alicyclic amines) is 1. The predicted molar refractivity (Wildman–Crippen MR) is 64.8 cm³/mol. The van der Waals surface area contributed by atoms with Crippen LogP contribution in [0, 0.1) is 11.3 Å². The van der Waals surface area contributed by atoms with E-state index in [2.05, 4.69) is 0 Å². The molecular weight excluding hydrogens is 250 g/mol. The van der Waals surface area contributed by atoms with Crippen molar-refractivity contribution in [3.8, 4) is 6.07 Å². The number of aliphatic carboxylic acids is 1. The Morgan fingerprint density at radius 2 is 2.11 bits per heavy atom. The Labute approximate surface area is 111 Å². The molecule has 1 fully saturated rings. The lowest BCUT2D eigenvalue weighted by Crippen LogP contribution is -2.56. The van der Waals surface area contributed by atoms with Crippen molar-refractivity contribution in [3.05, 3.63) is 0 Å². The number of carbonyl (C=O) groups is 3. The van der Waals surface area contributed by atoms with Gasteiger partial charge in [0.15, 0.2) is 11.3 Å². The van der Waals surface area contributed by atoms with Crippen molar-refractivity contribution < 1.29 is 19.5 Å². The maximum absolute atomic E-state index is 12.1. The zero-order valence-corrected chi connectivity index (χ0v) is 10.8. The van der Waals surface area contributed by atoms with Gasteiger partial charge in [-0.25, -0.2) is 0 Å². The van der Waals surface area contributed by atoms with Crippen molar-refractivity contribution in [1.29, 1.82) is 5.26 Å². The SMILES string of the molecule is CC(N)C(=O)C1(C#N)CCCN1C(=O)CCC(=O)O. The summed E-state index contributed by atoms with van der Waals surface area (Å²) in [6, 6.07) is 1.07. The van der Waals surface area contributed by atoms with Crippen LogP contribution in [-0.2, 0) is 14.4 Å². The van der Waals surface area contributed by atoms with Gasteiger partial charge >= 0.3 is 5.97 Å². The topological polar surface area (TPSA) is 124 Å². The van der Waals surface area contributed by atoms with E-state index in [0.29, 0.717) is 6.42 Å². The van der Waals surface area contributed by atoms with Crippen molar-refractivity contribution in [3.63, 3.8) is 0 Å². The molecule has 1 rings (SSSR count). The minimum Gasteiger partial charge on any atom is -0.481 e. The van der Waals surface area contributed by atoms with Gasteiger partial charge in [-0.05, 0) is 19.8 Å². The molecule has 7 nitrogen and oxygen atoms in total. The van der Waals surface area contributed by atoms with Crippen LogP contribution in [0.4, 0.5) is 0 Å². The van der Waals surface area contributed by atoms with Gasteiger partial charge in [-0.3, -0.25) is 14.4 Å². The molecule has 0 saturated carbocycles. The van der Waals surface area contributed by atoms with E-state index in [9.17, 15) is 19.6 Å². The number of carboxylic acids is 1. The molecule has 1 saturated heterocycles. The molecule has 0 aromatic rings. The summed E-state index contributed by atoms with van der Waals surface area (Å²) >= 11 is 0. The third-order valence-corrected chi connectivity index (χ3v) is 3.24. The van der Waals surface area contributed by atoms with Crippen molar-refractivity contribution in [2.45, 2.75) is 44.2 Å². The fraction of sp³-hybridized carbons (Fsp3) is 0.667. The second kappa shape index (κ2) is 5.80. The minimum absolute atomic E-state index is 0.217. The zero-order valence-electron chi connectivity index (χ0n) is 10.8. The molecule has 0 bridgehead atoms.